The molecule has 15 heavy (non-hydrogen) atoms. The average molecular weight is 209 g/mol. The van der Waals surface area contributed by atoms with Crippen molar-refractivity contribution in [3.63, 3.8) is 0 Å². The molecule has 0 heterocycles. The second-order valence-corrected chi connectivity index (χ2v) is 2.75. The van der Waals surface area contributed by atoms with E-state index in [9.17, 15) is 4.79 Å². The van der Waals surface area contributed by atoms with Gasteiger partial charge in [0.1, 0.15) is 5.75 Å². The molecule has 1 aromatic rings. The Bertz CT molecular complexity index is 318. The number of hydrogen-bond acceptors (Lipinski definition) is 4. The summed E-state index contributed by atoms with van der Waals surface area (Å²) in [7, 11) is 4.32. The van der Waals surface area contributed by atoms with E-state index in [-0.39, 0.29) is 6.10 Å². The Kier molecular flexibility index (Phi) is 4.12. The normalized spacial score (nSPS) is 10.1. The largest absolute Gasteiger partial charge is 0.497 e. The van der Waals surface area contributed by atoms with Crippen LogP contribution in [0.4, 0.5) is 0 Å². The molecule has 0 aliphatic rings. The Morgan fingerprint density at radius 3 is 2.00 bits per heavy atom. The van der Waals surface area contributed by atoms with E-state index in [1.165, 1.54) is 14.2 Å². The van der Waals surface area contributed by atoms with Gasteiger partial charge in [-0.25, -0.2) is 4.79 Å². The van der Waals surface area contributed by atoms with Gasteiger partial charge in [0.25, 0.3) is 0 Å². The minimum Gasteiger partial charge on any atom is -0.497 e. The molecule has 0 amide bonds. The summed E-state index contributed by atoms with van der Waals surface area (Å²) in [6.07, 6.45) is 0.181. The van der Waals surface area contributed by atoms with E-state index in [0.29, 0.717) is 5.56 Å². The van der Waals surface area contributed by atoms with Crippen LogP contribution in [0.1, 0.15) is 5.56 Å². The lowest BCUT2D eigenvalue weighted by atomic mass is 10.1. The molecule has 4 heteroatoms. The summed E-state index contributed by atoms with van der Waals surface area (Å²) in [6.45, 7) is 0. The fraction of sp³-hybridized carbons (Fsp3) is 0.273. The van der Waals surface area contributed by atoms with Crippen LogP contribution in [0.5, 0.6) is 5.75 Å². The lowest BCUT2D eigenvalue weighted by molar-refractivity contribution is -0.142. The van der Waals surface area contributed by atoms with Gasteiger partial charge in [-0.05, 0) is 17.7 Å². The van der Waals surface area contributed by atoms with E-state index in [1.54, 1.807) is 31.4 Å². The van der Waals surface area contributed by atoms with Crippen LogP contribution in [-0.4, -0.2) is 27.3 Å². The van der Waals surface area contributed by atoms with Crippen molar-refractivity contribution in [2.24, 2.45) is 0 Å². The van der Waals surface area contributed by atoms with Crippen molar-refractivity contribution >= 4 is 5.97 Å². The molecule has 0 aliphatic carbocycles. The minimum absolute atomic E-state index is 0.181. The molecule has 0 bridgehead atoms. The molecule has 0 aliphatic heterocycles. The van der Waals surface area contributed by atoms with E-state index in [0.717, 1.165) is 5.75 Å². The first-order valence-electron chi connectivity index (χ1n) is 4.36. The molecule has 4 nitrogen and oxygen atoms in total. The Morgan fingerprint density at radius 1 is 1.00 bits per heavy atom. The monoisotopic (exact) mass is 209 g/mol. The van der Waals surface area contributed by atoms with E-state index >= 15 is 0 Å². The van der Waals surface area contributed by atoms with E-state index < -0.39 is 5.97 Å². The maximum Gasteiger partial charge on any atom is 0.347 e. The number of methoxy groups -OCH3 is 3. The smallest absolute Gasteiger partial charge is 0.347 e. The van der Waals surface area contributed by atoms with Crippen molar-refractivity contribution in [1.29, 1.82) is 0 Å². The fourth-order valence-electron chi connectivity index (χ4n) is 1.15. The Morgan fingerprint density at radius 2 is 1.60 bits per heavy atom. The van der Waals surface area contributed by atoms with Gasteiger partial charge in [-0.2, -0.15) is 0 Å². The average Bonchev–Trinajstić information content (AvgIpc) is 2.30. The summed E-state index contributed by atoms with van der Waals surface area (Å²) >= 11 is 0. The summed E-state index contributed by atoms with van der Waals surface area (Å²) in [6, 6.07) is 6.96. The number of esters is 1. The summed E-state index contributed by atoms with van der Waals surface area (Å²) in [5.74, 6) is 0.224. The Labute approximate surface area is 88.8 Å². The molecule has 0 fully saturated rings. The van der Waals surface area contributed by atoms with Crippen molar-refractivity contribution in [1.82, 2.24) is 0 Å². The third-order valence-corrected chi connectivity index (χ3v) is 1.93. The number of rotatable bonds is 4. The van der Waals surface area contributed by atoms with Crippen LogP contribution in [0.2, 0.25) is 0 Å². The van der Waals surface area contributed by atoms with Crippen LogP contribution < -0.4 is 4.74 Å². The zero-order valence-electron chi connectivity index (χ0n) is 8.94. The second-order valence-electron chi connectivity index (χ2n) is 2.75. The molecular weight excluding hydrogens is 196 g/mol. The van der Waals surface area contributed by atoms with Crippen LogP contribution >= 0.6 is 0 Å². The predicted molar refractivity (Wildman–Crippen MR) is 54.4 cm³/mol. The molecular formula is C11H13O4. The summed E-state index contributed by atoms with van der Waals surface area (Å²) in [4.78, 5) is 11.3. The third kappa shape index (κ3) is 2.70. The maximum atomic E-state index is 11.3. The van der Waals surface area contributed by atoms with Crippen molar-refractivity contribution in [2.75, 3.05) is 21.3 Å². The van der Waals surface area contributed by atoms with Crippen molar-refractivity contribution in [2.45, 2.75) is 0 Å². The predicted octanol–water partition coefficient (Wildman–Crippen LogP) is 1.39. The molecule has 0 saturated heterocycles. The fourth-order valence-corrected chi connectivity index (χ4v) is 1.15. The van der Waals surface area contributed by atoms with E-state index in [2.05, 4.69) is 4.74 Å². The molecule has 1 rings (SSSR count). The Hall–Kier alpha value is -1.55. The van der Waals surface area contributed by atoms with Gasteiger partial charge in [0.2, 0.25) is 6.10 Å². The second kappa shape index (κ2) is 5.36. The highest BCUT2D eigenvalue weighted by atomic mass is 16.6. The van der Waals surface area contributed by atoms with E-state index in [4.69, 9.17) is 9.47 Å². The summed E-state index contributed by atoms with van der Waals surface area (Å²) in [5.41, 5.74) is 0.658. The van der Waals surface area contributed by atoms with Gasteiger partial charge in [0.15, 0.2) is 0 Å². The Balaban J connectivity index is 2.87. The van der Waals surface area contributed by atoms with Crippen LogP contribution in [0.25, 0.3) is 0 Å². The number of ether oxygens (including phenoxy) is 3. The van der Waals surface area contributed by atoms with Gasteiger partial charge in [-0.15, -0.1) is 0 Å². The quantitative estimate of drug-likeness (QED) is 0.703. The maximum absolute atomic E-state index is 11.3. The molecule has 1 aromatic carbocycles. The highest BCUT2D eigenvalue weighted by Gasteiger charge is 2.22. The highest BCUT2D eigenvalue weighted by Crippen LogP contribution is 2.20. The number of carbonyl (C=O) groups is 1. The lowest BCUT2D eigenvalue weighted by Gasteiger charge is -2.11. The molecule has 0 spiro atoms. The minimum atomic E-state index is -0.498. The van der Waals surface area contributed by atoms with Crippen LogP contribution in [-0.2, 0) is 14.3 Å². The molecule has 0 unspecified atom stereocenters. The SMILES string of the molecule is CO[C](C(=O)OC)c1ccc(OC)cc1. The van der Waals surface area contributed by atoms with Crippen LogP contribution in [0.3, 0.4) is 0 Å². The number of hydrogen-bond donors (Lipinski definition) is 0. The van der Waals surface area contributed by atoms with Crippen LogP contribution in [0.15, 0.2) is 24.3 Å². The first-order valence-corrected chi connectivity index (χ1v) is 4.36. The molecule has 81 valence electrons. The molecule has 0 aromatic heterocycles. The van der Waals surface area contributed by atoms with Gasteiger partial charge >= 0.3 is 5.97 Å². The molecule has 0 N–H and O–H groups in total. The first-order chi connectivity index (χ1) is 7.22. The molecule has 0 atom stereocenters. The van der Waals surface area contributed by atoms with E-state index in [1.807, 2.05) is 0 Å². The van der Waals surface area contributed by atoms with Crippen molar-refractivity contribution < 1.29 is 19.0 Å². The third-order valence-electron chi connectivity index (χ3n) is 1.93. The molecule has 0 saturated carbocycles. The number of carbonyl (C=O) groups excluding carboxylic acids is 1. The van der Waals surface area contributed by atoms with Gasteiger partial charge in [0.05, 0.1) is 14.2 Å². The van der Waals surface area contributed by atoms with Crippen molar-refractivity contribution in [3.05, 3.63) is 35.9 Å². The van der Waals surface area contributed by atoms with Crippen LogP contribution in [0, 0.1) is 6.10 Å². The van der Waals surface area contributed by atoms with Gasteiger partial charge in [-0.3, -0.25) is 0 Å². The van der Waals surface area contributed by atoms with Crippen molar-refractivity contribution in [3.8, 4) is 5.75 Å². The number of benzene rings is 1. The topological polar surface area (TPSA) is 44.8 Å². The first kappa shape index (κ1) is 11.5. The summed E-state index contributed by atoms with van der Waals surface area (Å²) < 4.78 is 14.5. The molecule has 1 radical (unpaired) electrons. The lowest BCUT2D eigenvalue weighted by Crippen LogP contribution is -2.16. The zero-order valence-corrected chi connectivity index (χ0v) is 8.94. The highest BCUT2D eigenvalue weighted by molar-refractivity contribution is 5.87. The standard InChI is InChI=1S/C11H13O4/c1-13-9-6-4-8(5-7-9)10(14-2)11(12)15-3/h4-7H,1-3H3. The summed E-state index contributed by atoms with van der Waals surface area (Å²) in [5, 5.41) is 0. The zero-order chi connectivity index (χ0) is 11.3. The van der Waals surface area contributed by atoms with Gasteiger partial charge < -0.3 is 14.2 Å². The van der Waals surface area contributed by atoms with Gasteiger partial charge in [0, 0.05) is 7.11 Å². The van der Waals surface area contributed by atoms with Gasteiger partial charge in [-0.1, -0.05) is 12.1 Å².